The van der Waals surface area contributed by atoms with E-state index in [4.69, 9.17) is 4.74 Å². The second-order valence-electron chi connectivity index (χ2n) is 5.44. The minimum absolute atomic E-state index is 0.184. The van der Waals surface area contributed by atoms with E-state index in [1.807, 2.05) is 49.6 Å². The van der Waals surface area contributed by atoms with Gasteiger partial charge in [0.05, 0.1) is 6.42 Å². The van der Waals surface area contributed by atoms with E-state index >= 15 is 0 Å². The van der Waals surface area contributed by atoms with Crippen LogP contribution in [0.3, 0.4) is 0 Å². The van der Waals surface area contributed by atoms with E-state index in [0.717, 1.165) is 17.5 Å². The molecule has 0 saturated heterocycles. The molecule has 5 heteroatoms. The van der Waals surface area contributed by atoms with Crippen molar-refractivity contribution in [2.24, 2.45) is 0 Å². The number of hydrogen-bond donors (Lipinski definition) is 1. The van der Waals surface area contributed by atoms with Crippen molar-refractivity contribution in [1.29, 1.82) is 0 Å². The summed E-state index contributed by atoms with van der Waals surface area (Å²) in [5, 5.41) is 4.75. The van der Waals surface area contributed by atoms with E-state index in [2.05, 4.69) is 5.32 Å². The van der Waals surface area contributed by atoms with E-state index in [1.165, 1.54) is 10.4 Å². The number of hydrogen-bond acceptors (Lipinski definition) is 4. The number of benzene rings is 1. The quantitative estimate of drug-likeness (QED) is 0.794. The smallest absolute Gasteiger partial charge is 0.310 e. The minimum Gasteiger partial charge on any atom is -0.455 e. The van der Waals surface area contributed by atoms with Gasteiger partial charge in [0.1, 0.15) is 0 Å². The van der Waals surface area contributed by atoms with Crippen LogP contribution in [0.5, 0.6) is 0 Å². The van der Waals surface area contributed by atoms with Crippen LogP contribution in [0.2, 0.25) is 0 Å². The van der Waals surface area contributed by atoms with Crippen LogP contribution in [0.25, 0.3) is 0 Å². The fraction of sp³-hybridized carbons (Fsp3) is 0.333. The molecule has 0 radical (unpaired) electrons. The van der Waals surface area contributed by atoms with Crippen LogP contribution < -0.4 is 5.32 Å². The zero-order valence-corrected chi connectivity index (χ0v) is 14.2. The maximum atomic E-state index is 11.8. The first-order chi connectivity index (χ1) is 11.0. The number of thiophene rings is 1. The highest BCUT2D eigenvalue weighted by atomic mass is 32.1. The molecule has 1 N–H and O–H groups in total. The minimum atomic E-state index is -0.387. The lowest BCUT2D eigenvalue weighted by Crippen LogP contribution is -2.30. The largest absolute Gasteiger partial charge is 0.455 e. The molecule has 2 rings (SSSR count). The molecule has 23 heavy (non-hydrogen) atoms. The molecule has 0 aliphatic rings. The summed E-state index contributed by atoms with van der Waals surface area (Å²) in [5.74, 6) is -0.656. The highest BCUT2D eigenvalue weighted by Crippen LogP contribution is 2.11. The molecule has 0 spiro atoms. The Labute approximate surface area is 140 Å². The van der Waals surface area contributed by atoms with Gasteiger partial charge in [0.25, 0.3) is 5.91 Å². The Morgan fingerprint density at radius 2 is 2.00 bits per heavy atom. The number of esters is 1. The molecule has 0 fully saturated rings. The Bertz CT molecular complexity index is 665. The molecule has 0 aliphatic heterocycles. The predicted molar refractivity (Wildman–Crippen MR) is 91.6 cm³/mol. The van der Waals surface area contributed by atoms with Crippen LogP contribution in [-0.4, -0.2) is 25.0 Å². The monoisotopic (exact) mass is 331 g/mol. The summed E-state index contributed by atoms with van der Waals surface area (Å²) in [6.45, 7) is 4.35. The van der Waals surface area contributed by atoms with Gasteiger partial charge in [-0.05, 0) is 48.4 Å². The molecular weight excluding hydrogens is 310 g/mol. The van der Waals surface area contributed by atoms with Crippen molar-refractivity contribution in [2.75, 3.05) is 13.2 Å². The van der Waals surface area contributed by atoms with Crippen molar-refractivity contribution >= 4 is 23.2 Å². The van der Waals surface area contributed by atoms with Gasteiger partial charge in [0.15, 0.2) is 6.61 Å². The van der Waals surface area contributed by atoms with Crippen molar-refractivity contribution in [2.45, 2.75) is 26.7 Å². The van der Waals surface area contributed by atoms with Gasteiger partial charge in [-0.2, -0.15) is 0 Å². The van der Waals surface area contributed by atoms with Gasteiger partial charge >= 0.3 is 5.97 Å². The molecule has 1 heterocycles. The number of rotatable bonds is 7. The number of ether oxygens (including phenoxy) is 1. The van der Waals surface area contributed by atoms with E-state index in [-0.39, 0.29) is 24.9 Å². The SMILES string of the molecule is Cc1ccc(CC(=O)OCC(=O)NCCc2cccs2)cc1C. The standard InChI is InChI=1S/C18H21NO3S/c1-13-5-6-15(10-14(13)2)11-18(21)22-12-17(20)19-8-7-16-4-3-9-23-16/h3-6,9-10H,7-8,11-12H2,1-2H3,(H,19,20). The Morgan fingerprint density at radius 3 is 2.70 bits per heavy atom. The molecule has 1 aromatic carbocycles. The molecule has 1 amide bonds. The number of carbonyl (C=O) groups is 2. The maximum absolute atomic E-state index is 11.8. The van der Waals surface area contributed by atoms with Gasteiger partial charge in [-0.15, -0.1) is 11.3 Å². The van der Waals surface area contributed by atoms with E-state index in [0.29, 0.717) is 6.54 Å². The summed E-state index contributed by atoms with van der Waals surface area (Å²) in [4.78, 5) is 24.6. The van der Waals surface area contributed by atoms with E-state index in [9.17, 15) is 9.59 Å². The van der Waals surface area contributed by atoms with Crippen LogP contribution in [0, 0.1) is 13.8 Å². The predicted octanol–water partition coefficient (Wildman–Crippen LogP) is 2.81. The van der Waals surface area contributed by atoms with Gasteiger partial charge in [-0.25, -0.2) is 0 Å². The fourth-order valence-electron chi connectivity index (χ4n) is 2.11. The van der Waals surface area contributed by atoms with Crippen LogP contribution in [0.4, 0.5) is 0 Å². The molecule has 1 aromatic heterocycles. The summed E-state index contributed by atoms with van der Waals surface area (Å²) >= 11 is 1.66. The Balaban J connectivity index is 1.67. The second-order valence-corrected chi connectivity index (χ2v) is 6.47. The first-order valence-corrected chi connectivity index (χ1v) is 8.43. The van der Waals surface area contributed by atoms with Gasteiger partial charge < -0.3 is 10.1 Å². The number of carbonyl (C=O) groups excluding carboxylic acids is 2. The number of aryl methyl sites for hydroxylation is 2. The Hall–Kier alpha value is -2.14. The molecular formula is C18H21NO3S. The summed E-state index contributed by atoms with van der Waals surface area (Å²) in [6, 6.07) is 9.87. The average Bonchev–Trinajstić information content (AvgIpc) is 3.02. The van der Waals surface area contributed by atoms with Crippen LogP contribution in [0.15, 0.2) is 35.7 Å². The first-order valence-electron chi connectivity index (χ1n) is 7.55. The summed E-state index contributed by atoms with van der Waals surface area (Å²) < 4.78 is 5.02. The topological polar surface area (TPSA) is 55.4 Å². The van der Waals surface area contributed by atoms with Crippen LogP contribution in [0.1, 0.15) is 21.6 Å². The zero-order chi connectivity index (χ0) is 16.7. The lowest BCUT2D eigenvalue weighted by molar-refractivity contribution is -0.147. The highest BCUT2D eigenvalue weighted by Gasteiger charge is 2.09. The summed E-state index contributed by atoms with van der Waals surface area (Å²) in [7, 11) is 0. The molecule has 122 valence electrons. The van der Waals surface area contributed by atoms with Crippen molar-refractivity contribution < 1.29 is 14.3 Å². The molecule has 2 aromatic rings. The van der Waals surface area contributed by atoms with Crippen LogP contribution in [-0.2, 0) is 27.2 Å². The highest BCUT2D eigenvalue weighted by molar-refractivity contribution is 7.09. The van der Waals surface area contributed by atoms with E-state index in [1.54, 1.807) is 11.3 Å². The molecule has 0 atom stereocenters. The molecule has 0 bridgehead atoms. The summed E-state index contributed by atoms with van der Waals surface area (Å²) in [6.07, 6.45) is 0.976. The van der Waals surface area contributed by atoms with Crippen molar-refractivity contribution in [3.8, 4) is 0 Å². The van der Waals surface area contributed by atoms with Crippen molar-refractivity contribution in [3.63, 3.8) is 0 Å². The van der Waals surface area contributed by atoms with Gasteiger partial charge in [0.2, 0.25) is 0 Å². The third-order valence-corrected chi connectivity index (χ3v) is 4.49. The fourth-order valence-corrected chi connectivity index (χ4v) is 2.82. The normalized spacial score (nSPS) is 10.3. The van der Waals surface area contributed by atoms with E-state index < -0.39 is 0 Å². The van der Waals surface area contributed by atoms with Crippen molar-refractivity contribution in [3.05, 3.63) is 57.3 Å². The number of amides is 1. The summed E-state index contributed by atoms with van der Waals surface area (Å²) in [5.41, 5.74) is 3.23. The van der Waals surface area contributed by atoms with Gasteiger partial charge in [-0.3, -0.25) is 9.59 Å². The van der Waals surface area contributed by atoms with Crippen molar-refractivity contribution in [1.82, 2.24) is 5.32 Å². The van der Waals surface area contributed by atoms with Crippen LogP contribution >= 0.6 is 11.3 Å². The molecule has 0 unspecified atom stereocenters. The average molecular weight is 331 g/mol. The third kappa shape index (κ3) is 5.87. The van der Waals surface area contributed by atoms with Gasteiger partial charge in [-0.1, -0.05) is 24.3 Å². The first kappa shape index (κ1) is 17.2. The number of nitrogens with one attached hydrogen (secondary N) is 1. The zero-order valence-electron chi connectivity index (χ0n) is 13.4. The van der Waals surface area contributed by atoms with Gasteiger partial charge in [0, 0.05) is 11.4 Å². The Kier molecular flexibility index (Phi) is 6.35. The lowest BCUT2D eigenvalue weighted by Gasteiger charge is -2.07. The lowest BCUT2D eigenvalue weighted by atomic mass is 10.0. The molecule has 0 aliphatic carbocycles. The Morgan fingerprint density at radius 1 is 1.17 bits per heavy atom. The molecule has 4 nitrogen and oxygen atoms in total. The molecule has 0 saturated carbocycles. The maximum Gasteiger partial charge on any atom is 0.310 e. The third-order valence-electron chi connectivity index (χ3n) is 3.56. The second kappa shape index (κ2) is 8.48.